The van der Waals surface area contributed by atoms with Gasteiger partial charge in [-0.3, -0.25) is 0 Å². The molecule has 1 heterocycles. The van der Waals surface area contributed by atoms with Gasteiger partial charge in [-0.25, -0.2) is 0 Å². The smallest absolute Gasteiger partial charge is 0.231 e. The van der Waals surface area contributed by atoms with Gasteiger partial charge in [0.1, 0.15) is 0 Å². The van der Waals surface area contributed by atoms with Crippen molar-refractivity contribution in [2.45, 2.75) is 18.9 Å². The van der Waals surface area contributed by atoms with Crippen LogP contribution in [0.3, 0.4) is 0 Å². The van der Waals surface area contributed by atoms with Crippen molar-refractivity contribution in [3.8, 4) is 11.5 Å². The zero-order valence-corrected chi connectivity index (χ0v) is 9.13. The Morgan fingerprint density at radius 3 is 2.80 bits per heavy atom. The van der Waals surface area contributed by atoms with Crippen LogP contribution in [0.25, 0.3) is 0 Å². The van der Waals surface area contributed by atoms with Gasteiger partial charge in [0.2, 0.25) is 6.79 Å². The number of ether oxygens (including phenoxy) is 2. The molecule has 1 aromatic rings. The Morgan fingerprint density at radius 2 is 2.07 bits per heavy atom. The lowest BCUT2D eigenvalue weighted by atomic mass is 10.0. The van der Waals surface area contributed by atoms with Crippen molar-refractivity contribution in [1.29, 1.82) is 0 Å². The van der Waals surface area contributed by atoms with Gasteiger partial charge in [0.05, 0.1) is 0 Å². The van der Waals surface area contributed by atoms with Crippen LogP contribution in [0, 0.1) is 5.92 Å². The first kappa shape index (κ1) is 10.6. The van der Waals surface area contributed by atoms with Crippen LogP contribution < -0.4 is 15.2 Å². The predicted octanol–water partition coefficient (Wildman–Crippen LogP) is 2.25. The summed E-state index contributed by atoms with van der Waals surface area (Å²) in [5, 5.41) is 0. The van der Waals surface area contributed by atoms with E-state index in [-0.39, 0.29) is 18.4 Å². The minimum absolute atomic E-state index is 0. The maximum atomic E-state index is 6.14. The molecule has 0 unspecified atom stereocenters. The second-order valence-electron chi connectivity index (χ2n) is 3.94. The van der Waals surface area contributed by atoms with Gasteiger partial charge >= 0.3 is 0 Å². The van der Waals surface area contributed by atoms with Gasteiger partial charge in [0.15, 0.2) is 11.5 Å². The first-order valence-electron chi connectivity index (χ1n) is 5.00. The summed E-state index contributed by atoms with van der Waals surface area (Å²) < 4.78 is 10.7. The van der Waals surface area contributed by atoms with Crippen molar-refractivity contribution >= 4 is 12.4 Å². The minimum atomic E-state index is 0. The number of hydrogen-bond acceptors (Lipinski definition) is 3. The van der Waals surface area contributed by atoms with E-state index in [1.165, 1.54) is 12.8 Å². The van der Waals surface area contributed by atoms with Crippen LogP contribution in [0.5, 0.6) is 11.5 Å². The SMILES string of the molecule is Cl.N[C@@H](c1cccc2c1OCO2)C1CC1. The molecule has 3 nitrogen and oxygen atoms in total. The van der Waals surface area contributed by atoms with Crippen LogP contribution >= 0.6 is 12.4 Å². The predicted molar refractivity (Wildman–Crippen MR) is 59.5 cm³/mol. The molecule has 1 saturated carbocycles. The maximum absolute atomic E-state index is 6.14. The Labute approximate surface area is 95.0 Å². The normalized spacial score (nSPS) is 19.5. The Kier molecular flexibility index (Phi) is 2.76. The second kappa shape index (κ2) is 3.91. The van der Waals surface area contributed by atoms with Gasteiger partial charge in [0, 0.05) is 11.6 Å². The molecule has 0 bridgehead atoms. The van der Waals surface area contributed by atoms with Gasteiger partial charge in [-0.05, 0) is 24.8 Å². The van der Waals surface area contributed by atoms with Crippen molar-refractivity contribution in [1.82, 2.24) is 0 Å². The molecule has 0 amide bonds. The molecule has 1 aliphatic heterocycles. The Hall–Kier alpha value is -0.930. The second-order valence-corrected chi connectivity index (χ2v) is 3.94. The highest BCUT2D eigenvalue weighted by Crippen LogP contribution is 2.45. The van der Waals surface area contributed by atoms with E-state index < -0.39 is 0 Å². The van der Waals surface area contributed by atoms with E-state index >= 15 is 0 Å². The summed E-state index contributed by atoms with van der Waals surface area (Å²) in [6, 6.07) is 6.05. The van der Waals surface area contributed by atoms with Gasteiger partial charge in [-0.1, -0.05) is 12.1 Å². The third kappa shape index (κ3) is 1.77. The molecule has 1 aliphatic carbocycles. The van der Waals surface area contributed by atoms with Crippen molar-refractivity contribution in [2.24, 2.45) is 11.7 Å². The van der Waals surface area contributed by atoms with E-state index in [0.29, 0.717) is 12.7 Å². The van der Waals surface area contributed by atoms with Gasteiger partial charge in [0.25, 0.3) is 0 Å². The van der Waals surface area contributed by atoms with Crippen LogP contribution in [0.15, 0.2) is 18.2 Å². The number of benzene rings is 1. The fourth-order valence-electron chi connectivity index (χ4n) is 1.92. The Morgan fingerprint density at radius 1 is 1.27 bits per heavy atom. The number of halogens is 1. The average molecular weight is 228 g/mol. The number of hydrogen-bond donors (Lipinski definition) is 1. The molecule has 1 atom stereocenters. The van der Waals surface area contributed by atoms with E-state index in [2.05, 4.69) is 0 Å². The summed E-state index contributed by atoms with van der Waals surface area (Å²) in [7, 11) is 0. The third-order valence-electron chi connectivity index (χ3n) is 2.92. The van der Waals surface area contributed by atoms with E-state index in [0.717, 1.165) is 17.1 Å². The van der Waals surface area contributed by atoms with Crippen LogP contribution in [-0.4, -0.2) is 6.79 Å². The molecule has 1 aromatic carbocycles. The number of rotatable bonds is 2. The van der Waals surface area contributed by atoms with Gasteiger partial charge in [-0.15, -0.1) is 12.4 Å². The lowest BCUT2D eigenvalue weighted by Crippen LogP contribution is -2.13. The van der Waals surface area contributed by atoms with Gasteiger partial charge in [-0.2, -0.15) is 0 Å². The topological polar surface area (TPSA) is 44.5 Å². The van der Waals surface area contributed by atoms with Crippen LogP contribution in [0.1, 0.15) is 24.4 Å². The number of nitrogens with two attached hydrogens (primary N) is 1. The Bertz CT molecular complexity index is 366. The molecule has 0 saturated heterocycles. The van der Waals surface area contributed by atoms with E-state index in [1.54, 1.807) is 0 Å². The molecule has 82 valence electrons. The maximum Gasteiger partial charge on any atom is 0.231 e. The fraction of sp³-hybridized carbons (Fsp3) is 0.455. The van der Waals surface area contributed by atoms with E-state index in [1.807, 2.05) is 18.2 Å². The molecular formula is C11H14ClNO2. The van der Waals surface area contributed by atoms with Crippen LogP contribution in [0.2, 0.25) is 0 Å². The molecule has 15 heavy (non-hydrogen) atoms. The standard InChI is InChI=1S/C11H13NO2.ClH/c12-10(7-4-5-7)8-2-1-3-9-11(8)14-6-13-9;/h1-3,7,10H,4-6,12H2;1H/t10-;/m1./s1. The highest BCUT2D eigenvalue weighted by atomic mass is 35.5. The quantitative estimate of drug-likeness (QED) is 0.843. The molecular weight excluding hydrogens is 214 g/mol. The lowest BCUT2D eigenvalue weighted by Gasteiger charge is -2.12. The van der Waals surface area contributed by atoms with Crippen molar-refractivity contribution in [3.63, 3.8) is 0 Å². The largest absolute Gasteiger partial charge is 0.454 e. The zero-order chi connectivity index (χ0) is 9.54. The number of para-hydroxylation sites is 1. The summed E-state index contributed by atoms with van der Waals surface area (Å²) in [4.78, 5) is 0. The highest BCUT2D eigenvalue weighted by Gasteiger charge is 2.32. The summed E-state index contributed by atoms with van der Waals surface area (Å²) >= 11 is 0. The van der Waals surface area contributed by atoms with E-state index in [9.17, 15) is 0 Å². The monoisotopic (exact) mass is 227 g/mol. The molecule has 0 aromatic heterocycles. The average Bonchev–Trinajstić information content (AvgIpc) is 2.94. The van der Waals surface area contributed by atoms with Crippen molar-refractivity contribution in [2.75, 3.05) is 6.79 Å². The van der Waals surface area contributed by atoms with Crippen molar-refractivity contribution in [3.05, 3.63) is 23.8 Å². The number of fused-ring (bicyclic) bond motifs is 1. The molecule has 2 N–H and O–H groups in total. The lowest BCUT2D eigenvalue weighted by molar-refractivity contribution is 0.173. The molecule has 2 aliphatic rings. The summed E-state index contributed by atoms with van der Waals surface area (Å²) in [5.41, 5.74) is 7.24. The minimum Gasteiger partial charge on any atom is -0.454 e. The first-order valence-corrected chi connectivity index (χ1v) is 5.00. The fourth-order valence-corrected chi connectivity index (χ4v) is 1.92. The third-order valence-corrected chi connectivity index (χ3v) is 2.92. The van der Waals surface area contributed by atoms with Crippen LogP contribution in [-0.2, 0) is 0 Å². The molecule has 0 radical (unpaired) electrons. The molecule has 4 heteroatoms. The Balaban J connectivity index is 0.000000853. The van der Waals surface area contributed by atoms with E-state index in [4.69, 9.17) is 15.2 Å². The summed E-state index contributed by atoms with van der Waals surface area (Å²) in [6.07, 6.45) is 2.48. The summed E-state index contributed by atoms with van der Waals surface area (Å²) in [5.74, 6) is 2.33. The van der Waals surface area contributed by atoms with Gasteiger partial charge < -0.3 is 15.2 Å². The zero-order valence-electron chi connectivity index (χ0n) is 8.31. The molecule has 1 fully saturated rings. The van der Waals surface area contributed by atoms with Crippen LogP contribution in [0.4, 0.5) is 0 Å². The molecule has 3 rings (SSSR count). The first-order chi connectivity index (χ1) is 6.86. The highest BCUT2D eigenvalue weighted by molar-refractivity contribution is 5.85. The summed E-state index contributed by atoms with van der Waals surface area (Å²) in [6.45, 7) is 0.323. The van der Waals surface area contributed by atoms with Crippen molar-refractivity contribution < 1.29 is 9.47 Å². The molecule has 0 spiro atoms.